The van der Waals surface area contributed by atoms with Crippen molar-refractivity contribution in [3.8, 4) is 0 Å². The standard InChI is InChI=1S/C13H17N3O3/c1-9-3-4-10(7-11(9)16(18)19)12(17)15-8-13(14)5-2-6-13/h3-4,7H,2,5-6,8,14H2,1H3,(H,15,17). The van der Waals surface area contributed by atoms with Crippen LogP contribution in [0.15, 0.2) is 18.2 Å². The van der Waals surface area contributed by atoms with Crippen LogP contribution < -0.4 is 11.1 Å². The summed E-state index contributed by atoms with van der Waals surface area (Å²) >= 11 is 0. The maximum Gasteiger partial charge on any atom is 0.273 e. The molecular weight excluding hydrogens is 246 g/mol. The molecule has 1 saturated carbocycles. The molecule has 6 heteroatoms. The SMILES string of the molecule is Cc1ccc(C(=O)NCC2(N)CCC2)cc1[N+](=O)[O-]. The van der Waals surface area contributed by atoms with E-state index in [4.69, 9.17) is 5.73 Å². The number of amides is 1. The largest absolute Gasteiger partial charge is 0.350 e. The lowest BCUT2D eigenvalue weighted by atomic mass is 9.78. The van der Waals surface area contributed by atoms with Gasteiger partial charge in [0.05, 0.1) is 4.92 Å². The molecule has 1 amide bonds. The quantitative estimate of drug-likeness (QED) is 0.635. The van der Waals surface area contributed by atoms with Crippen molar-refractivity contribution < 1.29 is 9.72 Å². The minimum atomic E-state index is -0.484. The first kappa shape index (κ1) is 13.5. The predicted octanol–water partition coefficient (Wildman–Crippen LogP) is 1.51. The lowest BCUT2D eigenvalue weighted by Gasteiger charge is -2.38. The molecule has 0 atom stereocenters. The van der Waals surface area contributed by atoms with E-state index in [-0.39, 0.29) is 17.1 Å². The van der Waals surface area contributed by atoms with Crippen LogP contribution in [0.5, 0.6) is 0 Å². The fourth-order valence-electron chi connectivity index (χ4n) is 2.11. The molecule has 3 N–H and O–H groups in total. The van der Waals surface area contributed by atoms with Gasteiger partial charge in [-0.15, -0.1) is 0 Å². The molecule has 0 aliphatic heterocycles. The fraction of sp³-hybridized carbons (Fsp3) is 0.462. The number of hydrogen-bond acceptors (Lipinski definition) is 4. The number of nitro benzene ring substituents is 1. The van der Waals surface area contributed by atoms with Gasteiger partial charge in [-0.25, -0.2) is 0 Å². The minimum absolute atomic E-state index is 0.0428. The van der Waals surface area contributed by atoms with Gasteiger partial charge < -0.3 is 11.1 Å². The summed E-state index contributed by atoms with van der Waals surface area (Å²) in [5.74, 6) is -0.320. The zero-order chi connectivity index (χ0) is 14.0. The van der Waals surface area contributed by atoms with Crippen molar-refractivity contribution in [2.24, 2.45) is 5.73 Å². The highest BCUT2D eigenvalue weighted by molar-refractivity contribution is 5.95. The Morgan fingerprint density at radius 3 is 2.74 bits per heavy atom. The van der Waals surface area contributed by atoms with Gasteiger partial charge >= 0.3 is 0 Å². The highest BCUT2D eigenvalue weighted by Crippen LogP contribution is 2.28. The Hall–Kier alpha value is -1.95. The second-order valence-electron chi connectivity index (χ2n) is 5.16. The highest BCUT2D eigenvalue weighted by Gasteiger charge is 2.32. The number of hydrogen-bond donors (Lipinski definition) is 2. The van der Waals surface area contributed by atoms with Crippen LogP contribution >= 0.6 is 0 Å². The van der Waals surface area contributed by atoms with Gasteiger partial charge in [0, 0.05) is 29.3 Å². The van der Waals surface area contributed by atoms with E-state index in [1.54, 1.807) is 19.1 Å². The maximum atomic E-state index is 11.9. The number of aryl methyl sites for hydroxylation is 1. The predicted molar refractivity (Wildman–Crippen MR) is 70.9 cm³/mol. The Labute approximate surface area is 111 Å². The number of nitrogens with two attached hydrogens (primary N) is 1. The second kappa shape index (κ2) is 4.97. The van der Waals surface area contributed by atoms with Crippen LogP contribution in [0.4, 0.5) is 5.69 Å². The van der Waals surface area contributed by atoms with Gasteiger partial charge in [0.2, 0.25) is 0 Å². The molecule has 1 aromatic carbocycles. The van der Waals surface area contributed by atoms with Gasteiger partial charge in [-0.3, -0.25) is 14.9 Å². The summed E-state index contributed by atoms with van der Waals surface area (Å²) in [6, 6.07) is 4.46. The molecule has 19 heavy (non-hydrogen) atoms. The number of nitrogens with one attached hydrogen (secondary N) is 1. The molecular formula is C13H17N3O3. The van der Waals surface area contributed by atoms with Crippen LogP contribution in [0.3, 0.4) is 0 Å². The van der Waals surface area contributed by atoms with Crippen LogP contribution in [0.2, 0.25) is 0 Å². The molecule has 102 valence electrons. The number of rotatable bonds is 4. The van der Waals surface area contributed by atoms with E-state index >= 15 is 0 Å². The molecule has 0 aromatic heterocycles. The molecule has 6 nitrogen and oxygen atoms in total. The summed E-state index contributed by atoms with van der Waals surface area (Å²) in [7, 11) is 0. The van der Waals surface area contributed by atoms with E-state index < -0.39 is 4.92 Å². The molecule has 0 bridgehead atoms. The second-order valence-corrected chi connectivity index (χ2v) is 5.16. The maximum absolute atomic E-state index is 11.9. The molecule has 1 aliphatic rings. The van der Waals surface area contributed by atoms with Crippen molar-refractivity contribution in [3.05, 3.63) is 39.4 Å². The number of carbonyl (C=O) groups is 1. The van der Waals surface area contributed by atoms with Crippen LogP contribution in [-0.2, 0) is 0 Å². The monoisotopic (exact) mass is 263 g/mol. The van der Waals surface area contributed by atoms with E-state index in [9.17, 15) is 14.9 Å². The van der Waals surface area contributed by atoms with Gasteiger partial charge in [-0.05, 0) is 32.3 Å². The van der Waals surface area contributed by atoms with Crippen LogP contribution in [0, 0.1) is 17.0 Å². The summed E-state index contributed by atoms with van der Waals surface area (Å²) in [4.78, 5) is 22.3. The average molecular weight is 263 g/mol. The average Bonchev–Trinajstić information content (AvgIpc) is 2.33. The molecule has 0 spiro atoms. The third-order valence-electron chi connectivity index (χ3n) is 3.62. The van der Waals surface area contributed by atoms with Crippen molar-refractivity contribution in [2.75, 3.05) is 6.54 Å². The van der Waals surface area contributed by atoms with Crippen LogP contribution in [-0.4, -0.2) is 22.9 Å². The zero-order valence-corrected chi connectivity index (χ0v) is 10.8. The zero-order valence-electron chi connectivity index (χ0n) is 10.8. The number of benzene rings is 1. The third kappa shape index (κ3) is 2.90. The van der Waals surface area contributed by atoms with E-state index in [1.165, 1.54) is 6.07 Å². The highest BCUT2D eigenvalue weighted by atomic mass is 16.6. The normalized spacial score (nSPS) is 16.5. The molecule has 0 heterocycles. The fourth-order valence-corrected chi connectivity index (χ4v) is 2.11. The summed E-state index contributed by atoms with van der Waals surface area (Å²) in [5, 5.41) is 13.6. The number of nitrogens with zero attached hydrogens (tertiary/aromatic N) is 1. The molecule has 0 radical (unpaired) electrons. The van der Waals surface area contributed by atoms with E-state index in [0.717, 1.165) is 19.3 Å². The summed E-state index contributed by atoms with van der Waals surface area (Å²) in [6.45, 7) is 2.05. The minimum Gasteiger partial charge on any atom is -0.350 e. The lowest BCUT2D eigenvalue weighted by molar-refractivity contribution is -0.385. The first-order valence-corrected chi connectivity index (χ1v) is 6.23. The Morgan fingerprint density at radius 1 is 1.53 bits per heavy atom. The number of carbonyl (C=O) groups excluding carboxylic acids is 1. The van der Waals surface area contributed by atoms with E-state index in [2.05, 4.69) is 5.32 Å². The summed E-state index contributed by atoms with van der Waals surface area (Å²) in [5.41, 5.74) is 6.50. The first-order chi connectivity index (χ1) is 8.91. The van der Waals surface area contributed by atoms with E-state index in [1.807, 2.05) is 0 Å². The summed E-state index contributed by atoms with van der Waals surface area (Å²) < 4.78 is 0. The van der Waals surface area contributed by atoms with Gasteiger partial charge in [0.1, 0.15) is 0 Å². The summed E-state index contributed by atoms with van der Waals surface area (Å²) in [6.07, 6.45) is 2.89. The molecule has 0 saturated heterocycles. The topological polar surface area (TPSA) is 98.3 Å². The van der Waals surface area contributed by atoms with Crippen molar-refractivity contribution >= 4 is 11.6 Å². The molecule has 1 aliphatic carbocycles. The van der Waals surface area contributed by atoms with Crippen molar-refractivity contribution in [3.63, 3.8) is 0 Å². The van der Waals surface area contributed by atoms with Gasteiger partial charge in [-0.1, -0.05) is 6.07 Å². The van der Waals surface area contributed by atoms with Crippen molar-refractivity contribution in [1.82, 2.24) is 5.32 Å². The Bertz CT molecular complexity index is 524. The Morgan fingerprint density at radius 2 is 2.21 bits per heavy atom. The Balaban J connectivity index is 2.06. The first-order valence-electron chi connectivity index (χ1n) is 6.23. The smallest absolute Gasteiger partial charge is 0.273 e. The third-order valence-corrected chi connectivity index (χ3v) is 3.62. The van der Waals surface area contributed by atoms with Gasteiger partial charge in [-0.2, -0.15) is 0 Å². The Kier molecular flexibility index (Phi) is 3.53. The molecule has 2 rings (SSSR count). The molecule has 1 aromatic rings. The number of nitro groups is 1. The molecule has 0 unspecified atom stereocenters. The van der Waals surface area contributed by atoms with E-state index in [0.29, 0.717) is 17.7 Å². The van der Waals surface area contributed by atoms with Crippen molar-refractivity contribution in [2.45, 2.75) is 31.7 Å². The van der Waals surface area contributed by atoms with Crippen LogP contribution in [0.1, 0.15) is 35.2 Å². The van der Waals surface area contributed by atoms with Crippen LogP contribution in [0.25, 0.3) is 0 Å². The lowest BCUT2D eigenvalue weighted by Crippen LogP contribution is -2.54. The van der Waals surface area contributed by atoms with Gasteiger partial charge in [0.25, 0.3) is 11.6 Å². The molecule has 1 fully saturated rings. The van der Waals surface area contributed by atoms with Gasteiger partial charge in [0.15, 0.2) is 0 Å². The van der Waals surface area contributed by atoms with Crippen molar-refractivity contribution in [1.29, 1.82) is 0 Å².